The maximum absolute atomic E-state index is 12.6. The molecule has 20 heavy (non-hydrogen) atoms. The van der Waals surface area contributed by atoms with Gasteiger partial charge in [-0.25, -0.2) is 9.50 Å². The molecule has 2 aromatic heterocycles. The van der Waals surface area contributed by atoms with Crippen molar-refractivity contribution in [1.29, 1.82) is 0 Å². The van der Waals surface area contributed by atoms with Crippen molar-refractivity contribution in [3.8, 4) is 0 Å². The van der Waals surface area contributed by atoms with Crippen LogP contribution in [0.25, 0.3) is 5.78 Å². The first-order chi connectivity index (χ1) is 9.70. The van der Waals surface area contributed by atoms with Crippen molar-refractivity contribution in [3.05, 3.63) is 23.8 Å². The Morgan fingerprint density at radius 2 is 2.40 bits per heavy atom. The summed E-state index contributed by atoms with van der Waals surface area (Å²) >= 11 is 1.84. The zero-order valence-electron chi connectivity index (χ0n) is 11.6. The quantitative estimate of drug-likeness (QED) is 0.862. The maximum atomic E-state index is 12.6. The number of hydrogen-bond acceptors (Lipinski definition) is 5. The minimum Gasteiger partial charge on any atom is -0.323 e. The molecule has 0 saturated carbocycles. The summed E-state index contributed by atoms with van der Waals surface area (Å²) in [5.74, 6) is 1.63. The van der Waals surface area contributed by atoms with E-state index in [4.69, 9.17) is 0 Å². The molecule has 0 bridgehead atoms. The summed E-state index contributed by atoms with van der Waals surface area (Å²) in [5, 5.41) is 4.55. The van der Waals surface area contributed by atoms with Gasteiger partial charge in [0.15, 0.2) is 0 Å². The van der Waals surface area contributed by atoms with E-state index in [0.717, 1.165) is 30.8 Å². The first kappa shape index (κ1) is 13.4. The molecule has 1 amide bonds. The number of nitrogens with zero attached hydrogens (tertiary/aromatic N) is 5. The fourth-order valence-electron chi connectivity index (χ4n) is 2.36. The number of hydrogen-bond donors (Lipinski definition) is 0. The van der Waals surface area contributed by atoms with E-state index in [1.807, 2.05) is 29.7 Å². The van der Waals surface area contributed by atoms with E-state index in [2.05, 4.69) is 22.0 Å². The Bertz CT molecular complexity index is 641. The van der Waals surface area contributed by atoms with Crippen molar-refractivity contribution in [1.82, 2.24) is 24.5 Å². The van der Waals surface area contributed by atoms with Crippen LogP contribution >= 0.6 is 11.8 Å². The van der Waals surface area contributed by atoms with Crippen LogP contribution in [0.2, 0.25) is 0 Å². The van der Waals surface area contributed by atoms with Gasteiger partial charge in [-0.05, 0) is 19.4 Å². The number of aryl methyl sites for hydroxylation is 1. The molecule has 2 aromatic rings. The normalized spacial score (nSPS) is 18.9. The Balaban J connectivity index is 1.90. The molecule has 3 heterocycles. The van der Waals surface area contributed by atoms with Crippen LogP contribution < -0.4 is 0 Å². The third-order valence-corrected chi connectivity index (χ3v) is 4.70. The molecule has 0 N–H and O–H groups in total. The molecule has 106 valence electrons. The fraction of sp³-hybridized carbons (Fsp3) is 0.538. The van der Waals surface area contributed by atoms with E-state index in [9.17, 15) is 4.79 Å². The third-order valence-electron chi connectivity index (χ3n) is 3.41. The van der Waals surface area contributed by atoms with Crippen LogP contribution in [0, 0.1) is 6.92 Å². The largest absolute Gasteiger partial charge is 0.323 e. The van der Waals surface area contributed by atoms with Gasteiger partial charge in [0.2, 0.25) is 5.82 Å². The minimum absolute atomic E-state index is 0.0849. The number of amides is 1. The molecule has 1 aliphatic rings. The first-order valence-electron chi connectivity index (χ1n) is 6.81. The molecular weight excluding hydrogens is 274 g/mol. The summed E-state index contributed by atoms with van der Waals surface area (Å²) in [5.41, 5.74) is 0.919. The molecule has 7 heteroatoms. The van der Waals surface area contributed by atoms with E-state index in [1.54, 1.807) is 10.7 Å². The van der Waals surface area contributed by atoms with E-state index >= 15 is 0 Å². The summed E-state index contributed by atoms with van der Waals surface area (Å²) in [6.07, 6.45) is 3.76. The van der Waals surface area contributed by atoms with Gasteiger partial charge in [0.1, 0.15) is 0 Å². The number of carbonyl (C=O) groups is 1. The van der Waals surface area contributed by atoms with Crippen molar-refractivity contribution < 1.29 is 4.79 Å². The molecule has 1 fully saturated rings. The summed E-state index contributed by atoms with van der Waals surface area (Å²) < 4.78 is 1.62. The van der Waals surface area contributed by atoms with Crippen molar-refractivity contribution in [2.75, 3.05) is 12.3 Å². The van der Waals surface area contributed by atoms with Gasteiger partial charge < -0.3 is 4.90 Å². The van der Waals surface area contributed by atoms with Crippen LogP contribution in [-0.4, -0.2) is 48.1 Å². The molecule has 0 spiro atoms. The molecule has 1 atom stereocenters. The average molecular weight is 291 g/mol. The zero-order chi connectivity index (χ0) is 14.1. The van der Waals surface area contributed by atoms with Crippen LogP contribution in [0.4, 0.5) is 0 Å². The molecule has 1 aliphatic heterocycles. The summed E-state index contributed by atoms with van der Waals surface area (Å²) in [7, 11) is 0. The first-order valence-corrected chi connectivity index (χ1v) is 7.86. The minimum atomic E-state index is -0.0849. The lowest BCUT2D eigenvalue weighted by atomic mass is 10.3. The zero-order valence-corrected chi connectivity index (χ0v) is 12.4. The maximum Gasteiger partial charge on any atom is 0.294 e. The highest BCUT2D eigenvalue weighted by atomic mass is 32.2. The lowest BCUT2D eigenvalue weighted by molar-refractivity contribution is 0.0744. The Labute approximate surface area is 121 Å². The fourth-order valence-corrected chi connectivity index (χ4v) is 3.72. The van der Waals surface area contributed by atoms with E-state index < -0.39 is 0 Å². The van der Waals surface area contributed by atoms with Gasteiger partial charge in [-0.15, -0.1) is 16.9 Å². The van der Waals surface area contributed by atoms with Crippen molar-refractivity contribution >= 4 is 23.4 Å². The van der Waals surface area contributed by atoms with Gasteiger partial charge in [0.25, 0.3) is 11.7 Å². The van der Waals surface area contributed by atoms with Gasteiger partial charge >= 0.3 is 0 Å². The Hall–Kier alpha value is -1.63. The van der Waals surface area contributed by atoms with Gasteiger partial charge in [-0.1, -0.05) is 13.3 Å². The molecule has 1 saturated heterocycles. The predicted octanol–water partition coefficient (Wildman–Crippen LogP) is 1.75. The highest BCUT2D eigenvalue weighted by Gasteiger charge is 2.31. The Morgan fingerprint density at radius 1 is 1.55 bits per heavy atom. The number of aromatic nitrogens is 4. The number of rotatable bonds is 3. The second kappa shape index (κ2) is 5.40. The van der Waals surface area contributed by atoms with E-state index in [1.165, 1.54) is 0 Å². The lowest BCUT2D eigenvalue weighted by Gasteiger charge is -2.21. The molecule has 0 radical (unpaired) electrons. The predicted molar refractivity (Wildman–Crippen MR) is 77.7 cm³/mol. The smallest absolute Gasteiger partial charge is 0.294 e. The van der Waals surface area contributed by atoms with Gasteiger partial charge in [-0.3, -0.25) is 4.79 Å². The SMILES string of the molecule is CCC[C@H]1SCCN1C(=O)c1nc2nccc(C)n2n1. The number of carbonyl (C=O) groups excluding carboxylic acids is 1. The highest BCUT2D eigenvalue weighted by molar-refractivity contribution is 8.00. The molecule has 6 nitrogen and oxygen atoms in total. The molecule has 0 unspecified atom stereocenters. The number of thioether (sulfide) groups is 1. The van der Waals surface area contributed by atoms with Gasteiger partial charge in [0, 0.05) is 24.2 Å². The summed E-state index contributed by atoms with van der Waals surface area (Å²) in [4.78, 5) is 22.8. The molecular formula is C13H17N5OS. The van der Waals surface area contributed by atoms with Crippen molar-refractivity contribution in [2.24, 2.45) is 0 Å². The lowest BCUT2D eigenvalue weighted by Crippen LogP contribution is -2.35. The second-order valence-electron chi connectivity index (χ2n) is 4.85. The second-order valence-corrected chi connectivity index (χ2v) is 6.13. The van der Waals surface area contributed by atoms with Crippen molar-refractivity contribution in [2.45, 2.75) is 32.1 Å². The molecule has 0 aliphatic carbocycles. The average Bonchev–Trinajstić information content (AvgIpc) is 3.05. The van der Waals surface area contributed by atoms with Crippen LogP contribution in [0.3, 0.4) is 0 Å². The summed E-state index contributed by atoms with van der Waals surface area (Å²) in [6.45, 7) is 4.83. The van der Waals surface area contributed by atoms with Crippen LogP contribution in [0.15, 0.2) is 12.3 Å². The molecule has 3 rings (SSSR count). The highest BCUT2D eigenvalue weighted by Crippen LogP contribution is 2.28. The van der Waals surface area contributed by atoms with E-state index in [0.29, 0.717) is 5.78 Å². The van der Waals surface area contributed by atoms with E-state index in [-0.39, 0.29) is 17.1 Å². The number of fused-ring (bicyclic) bond motifs is 1. The van der Waals surface area contributed by atoms with Gasteiger partial charge in [0.05, 0.1) is 5.37 Å². The topological polar surface area (TPSA) is 63.4 Å². The van der Waals surface area contributed by atoms with Crippen molar-refractivity contribution in [3.63, 3.8) is 0 Å². The standard InChI is InChI=1S/C13H17N5OS/c1-3-4-10-17(7-8-20-10)12(19)11-15-13-14-6-5-9(2)18(13)16-11/h5-6,10H,3-4,7-8H2,1-2H3/t10-/m1/s1. The third kappa shape index (κ3) is 2.26. The van der Waals surface area contributed by atoms with Crippen LogP contribution in [0.1, 0.15) is 36.1 Å². The molecule has 0 aromatic carbocycles. The van der Waals surface area contributed by atoms with Crippen LogP contribution in [0.5, 0.6) is 0 Å². The summed E-state index contributed by atoms with van der Waals surface area (Å²) in [6, 6.07) is 1.85. The Morgan fingerprint density at radius 3 is 3.15 bits per heavy atom. The van der Waals surface area contributed by atoms with Crippen LogP contribution in [-0.2, 0) is 0 Å². The van der Waals surface area contributed by atoms with Gasteiger partial charge in [-0.2, -0.15) is 4.98 Å². The monoisotopic (exact) mass is 291 g/mol. The Kier molecular flexibility index (Phi) is 3.60.